The molecule has 1 heterocycles. The zero-order chi connectivity index (χ0) is 9.97. The molecule has 0 saturated heterocycles. The minimum atomic E-state index is 0.673. The first kappa shape index (κ1) is 10.4. The molecule has 1 aliphatic rings. The number of thioether (sulfide) groups is 1. The number of nitrogens with two attached hydrogens (primary N) is 1. The van der Waals surface area contributed by atoms with Crippen molar-refractivity contribution in [3.05, 3.63) is 5.01 Å². The van der Waals surface area contributed by atoms with Crippen molar-refractivity contribution in [3.8, 4) is 0 Å². The minimum absolute atomic E-state index is 0.673. The van der Waals surface area contributed by atoms with Crippen molar-refractivity contribution >= 4 is 23.1 Å². The molecule has 1 saturated carbocycles. The van der Waals surface area contributed by atoms with Gasteiger partial charge in [0.1, 0.15) is 5.01 Å². The van der Waals surface area contributed by atoms with E-state index in [1.165, 1.54) is 19.3 Å². The van der Waals surface area contributed by atoms with Gasteiger partial charge in [0, 0.05) is 5.25 Å². The van der Waals surface area contributed by atoms with Crippen LogP contribution in [0.2, 0.25) is 0 Å². The molecule has 0 spiro atoms. The van der Waals surface area contributed by atoms with Gasteiger partial charge >= 0.3 is 0 Å². The van der Waals surface area contributed by atoms with E-state index >= 15 is 0 Å². The molecule has 14 heavy (non-hydrogen) atoms. The van der Waals surface area contributed by atoms with Gasteiger partial charge in [-0.25, -0.2) is 0 Å². The topological polar surface area (TPSA) is 51.8 Å². The van der Waals surface area contributed by atoms with Crippen LogP contribution in [-0.2, 0) is 0 Å². The van der Waals surface area contributed by atoms with Crippen LogP contribution in [0, 0.1) is 12.8 Å². The Hall–Kier alpha value is -0.130. The van der Waals surface area contributed by atoms with E-state index in [1.54, 1.807) is 11.3 Å². The number of aromatic nitrogens is 2. The maximum Gasteiger partial charge on any atom is 0.174 e. The summed E-state index contributed by atoms with van der Waals surface area (Å²) in [5.74, 6) is 0.684. The van der Waals surface area contributed by atoms with Crippen LogP contribution >= 0.6 is 23.1 Å². The molecule has 1 fully saturated rings. The van der Waals surface area contributed by atoms with Gasteiger partial charge in [-0.05, 0) is 32.2 Å². The lowest BCUT2D eigenvalue weighted by atomic mass is 10.1. The third-order valence-electron chi connectivity index (χ3n) is 2.65. The van der Waals surface area contributed by atoms with Gasteiger partial charge in [0.15, 0.2) is 4.34 Å². The summed E-state index contributed by atoms with van der Waals surface area (Å²) in [6.45, 7) is 2.81. The lowest BCUT2D eigenvalue weighted by molar-refractivity contribution is 0.573. The largest absolute Gasteiger partial charge is 0.330 e. The van der Waals surface area contributed by atoms with Crippen LogP contribution in [0.15, 0.2) is 4.34 Å². The second-order valence-electron chi connectivity index (χ2n) is 3.67. The zero-order valence-electron chi connectivity index (χ0n) is 8.27. The Kier molecular flexibility index (Phi) is 3.41. The van der Waals surface area contributed by atoms with Crippen LogP contribution in [0.25, 0.3) is 0 Å². The summed E-state index contributed by atoms with van der Waals surface area (Å²) >= 11 is 3.56. The van der Waals surface area contributed by atoms with Gasteiger partial charge in [-0.15, -0.1) is 10.2 Å². The molecule has 3 nitrogen and oxygen atoms in total. The third kappa shape index (κ3) is 2.27. The summed E-state index contributed by atoms with van der Waals surface area (Å²) in [6.07, 6.45) is 3.88. The molecule has 1 aromatic heterocycles. The summed E-state index contributed by atoms with van der Waals surface area (Å²) in [7, 11) is 0. The SMILES string of the molecule is Cc1nnc(SC2CCCC2CN)s1. The van der Waals surface area contributed by atoms with E-state index in [4.69, 9.17) is 5.73 Å². The Balaban J connectivity index is 1.96. The van der Waals surface area contributed by atoms with E-state index in [1.807, 2.05) is 18.7 Å². The van der Waals surface area contributed by atoms with Crippen molar-refractivity contribution in [2.45, 2.75) is 35.8 Å². The predicted octanol–water partition coefficient (Wildman–Crippen LogP) is 2.07. The monoisotopic (exact) mass is 229 g/mol. The average molecular weight is 229 g/mol. The summed E-state index contributed by atoms with van der Waals surface area (Å²) < 4.78 is 1.10. The Morgan fingerprint density at radius 2 is 2.36 bits per heavy atom. The molecule has 0 radical (unpaired) electrons. The molecule has 78 valence electrons. The van der Waals surface area contributed by atoms with Crippen molar-refractivity contribution in [1.29, 1.82) is 0 Å². The van der Waals surface area contributed by atoms with E-state index in [-0.39, 0.29) is 0 Å². The minimum Gasteiger partial charge on any atom is -0.330 e. The van der Waals surface area contributed by atoms with Crippen molar-refractivity contribution < 1.29 is 0 Å². The maximum atomic E-state index is 5.74. The molecule has 0 aromatic carbocycles. The molecule has 2 N–H and O–H groups in total. The normalized spacial score (nSPS) is 27.0. The Morgan fingerprint density at radius 3 is 3.00 bits per heavy atom. The van der Waals surface area contributed by atoms with Gasteiger partial charge in [-0.3, -0.25) is 0 Å². The van der Waals surface area contributed by atoms with Crippen LogP contribution in [0.4, 0.5) is 0 Å². The molecular formula is C9H15N3S2. The van der Waals surface area contributed by atoms with Gasteiger partial charge in [-0.2, -0.15) is 0 Å². The highest BCUT2D eigenvalue weighted by atomic mass is 32.2. The summed E-state index contributed by atoms with van der Waals surface area (Å²) in [4.78, 5) is 0. The fourth-order valence-corrected chi connectivity index (χ4v) is 4.30. The summed E-state index contributed by atoms with van der Waals surface area (Å²) in [5, 5.41) is 9.89. The second kappa shape index (κ2) is 4.59. The van der Waals surface area contributed by atoms with Crippen LogP contribution in [0.3, 0.4) is 0 Å². The Morgan fingerprint density at radius 1 is 1.50 bits per heavy atom. The number of rotatable bonds is 3. The lowest BCUT2D eigenvalue weighted by Gasteiger charge is -2.14. The van der Waals surface area contributed by atoms with Gasteiger partial charge < -0.3 is 5.73 Å². The van der Waals surface area contributed by atoms with Crippen LogP contribution in [-0.4, -0.2) is 22.0 Å². The molecule has 1 aromatic rings. The molecule has 2 atom stereocenters. The Bertz CT molecular complexity index is 300. The molecule has 0 aliphatic heterocycles. The van der Waals surface area contributed by atoms with E-state index in [0.29, 0.717) is 11.2 Å². The highest BCUT2D eigenvalue weighted by Crippen LogP contribution is 2.39. The van der Waals surface area contributed by atoms with Gasteiger partial charge in [0.25, 0.3) is 0 Å². The van der Waals surface area contributed by atoms with E-state index in [0.717, 1.165) is 15.9 Å². The molecule has 0 amide bonds. The number of hydrogen-bond donors (Lipinski definition) is 1. The standard InChI is InChI=1S/C9H15N3S2/c1-6-11-12-9(13-6)14-8-4-2-3-7(8)5-10/h7-8H,2-5,10H2,1H3. The fourth-order valence-electron chi connectivity index (χ4n) is 1.88. The Labute approximate surface area is 92.5 Å². The molecule has 2 rings (SSSR count). The first-order valence-electron chi connectivity index (χ1n) is 4.96. The molecular weight excluding hydrogens is 214 g/mol. The number of nitrogens with zero attached hydrogens (tertiary/aromatic N) is 2. The van der Waals surface area contributed by atoms with Crippen LogP contribution in [0.1, 0.15) is 24.3 Å². The molecule has 0 bridgehead atoms. The van der Waals surface area contributed by atoms with Crippen LogP contribution in [0.5, 0.6) is 0 Å². The first-order valence-corrected chi connectivity index (χ1v) is 6.66. The van der Waals surface area contributed by atoms with Crippen LogP contribution < -0.4 is 5.73 Å². The smallest absolute Gasteiger partial charge is 0.174 e. The fraction of sp³-hybridized carbons (Fsp3) is 0.778. The van der Waals surface area contributed by atoms with E-state index < -0.39 is 0 Å². The second-order valence-corrected chi connectivity index (χ2v) is 6.34. The third-order valence-corrected chi connectivity index (χ3v) is 5.03. The van der Waals surface area contributed by atoms with Gasteiger partial charge in [0.05, 0.1) is 0 Å². The highest BCUT2D eigenvalue weighted by Gasteiger charge is 2.27. The number of hydrogen-bond acceptors (Lipinski definition) is 5. The lowest BCUT2D eigenvalue weighted by Crippen LogP contribution is -2.20. The first-order chi connectivity index (χ1) is 6.79. The maximum absolute atomic E-state index is 5.74. The zero-order valence-corrected chi connectivity index (χ0v) is 9.90. The number of aryl methyl sites for hydroxylation is 1. The van der Waals surface area contributed by atoms with Crippen molar-refractivity contribution in [3.63, 3.8) is 0 Å². The molecule has 2 unspecified atom stereocenters. The van der Waals surface area contributed by atoms with E-state index in [9.17, 15) is 0 Å². The summed E-state index contributed by atoms with van der Waals surface area (Å²) in [5.41, 5.74) is 5.74. The van der Waals surface area contributed by atoms with Gasteiger partial charge in [0.2, 0.25) is 0 Å². The molecule has 5 heteroatoms. The van der Waals surface area contributed by atoms with Crippen molar-refractivity contribution in [2.24, 2.45) is 11.7 Å². The highest BCUT2D eigenvalue weighted by molar-refractivity contribution is 8.01. The molecule has 1 aliphatic carbocycles. The van der Waals surface area contributed by atoms with Crippen molar-refractivity contribution in [1.82, 2.24) is 10.2 Å². The van der Waals surface area contributed by atoms with E-state index in [2.05, 4.69) is 10.2 Å². The van der Waals surface area contributed by atoms with Gasteiger partial charge in [-0.1, -0.05) is 29.5 Å². The predicted molar refractivity (Wildman–Crippen MR) is 60.7 cm³/mol. The average Bonchev–Trinajstić information content (AvgIpc) is 2.76. The van der Waals surface area contributed by atoms with Crippen molar-refractivity contribution in [2.75, 3.05) is 6.54 Å². The quantitative estimate of drug-likeness (QED) is 0.862. The summed E-state index contributed by atoms with van der Waals surface area (Å²) in [6, 6.07) is 0.